The molecular weight excluding hydrogens is 220 g/mol. The number of rotatable bonds is 5. The van der Waals surface area contributed by atoms with Crippen LogP contribution in [-0.4, -0.2) is 11.2 Å². The predicted molar refractivity (Wildman–Crippen MR) is 77.7 cm³/mol. The molecule has 0 bridgehead atoms. The van der Waals surface area contributed by atoms with E-state index in [4.69, 9.17) is 0 Å². The smallest absolute Gasteiger partial charge is 0.0580 e. The Kier molecular flexibility index (Phi) is 4.38. The first-order valence-corrected chi connectivity index (χ1v) is 6.81. The summed E-state index contributed by atoms with van der Waals surface area (Å²) in [6.45, 7) is 4.39. The minimum absolute atomic E-state index is 0.214. The van der Waals surface area contributed by atoms with E-state index in [1.54, 1.807) is 0 Å². The molecule has 1 unspecified atom stereocenters. The van der Waals surface area contributed by atoms with E-state index in [9.17, 15) is 5.11 Å². The average Bonchev–Trinajstić information content (AvgIpc) is 2.36. The molecule has 0 aromatic heterocycles. The molecule has 0 spiro atoms. The molecule has 0 amide bonds. The van der Waals surface area contributed by atoms with Crippen molar-refractivity contribution in [3.8, 4) is 0 Å². The first-order chi connectivity index (χ1) is 8.65. The molecule has 2 rings (SSSR count). The maximum atomic E-state index is 10.0. The maximum Gasteiger partial charge on any atom is 0.0580 e. The largest absolute Gasteiger partial charge is 0.393 e. The number of aliphatic hydroxyl groups excluding tert-OH is 1. The van der Waals surface area contributed by atoms with Crippen molar-refractivity contribution in [1.29, 1.82) is 0 Å². The molecule has 0 aliphatic rings. The first kappa shape index (κ1) is 13.1. The molecule has 18 heavy (non-hydrogen) atoms. The van der Waals surface area contributed by atoms with Gasteiger partial charge in [-0.1, -0.05) is 56.3 Å². The number of fused-ring (bicyclic) bond motifs is 1. The van der Waals surface area contributed by atoms with Crippen LogP contribution >= 0.6 is 0 Å². The third kappa shape index (κ3) is 3.58. The lowest BCUT2D eigenvalue weighted by Crippen LogP contribution is -2.11. The molecule has 0 fully saturated rings. The second-order valence-corrected chi connectivity index (χ2v) is 5.51. The zero-order chi connectivity index (χ0) is 13.0. The minimum atomic E-state index is -0.214. The Morgan fingerprint density at radius 1 is 0.944 bits per heavy atom. The highest BCUT2D eigenvalue weighted by molar-refractivity contribution is 5.82. The summed E-state index contributed by atoms with van der Waals surface area (Å²) in [7, 11) is 0. The fraction of sp³-hybridized carbons (Fsp3) is 0.412. The lowest BCUT2D eigenvalue weighted by atomic mass is 9.98. The molecule has 2 aromatic rings. The van der Waals surface area contributed by atoms with E-state index in [-0.39, 0.29) is 6.10 Å². The Labute approximate surface area is 109 Å². The lowest BCUT2D eigenvalue weighted by molar-refractivity contribution is 0.157. The van der Waals surface area contributed by atoms with Gasteiger partial charge in [-0.3, -0.25) is 0 Å². The van der Waals surface area contributed by atoms with Gasteiger partial charge in [-0.2, -0.15) is 0 Å². The van der Waals surface area contributed by atoms with Gasteiger partial charge in [0.25, 0.3) is 0 Å². The van der Waals surface area contributed by atoms with Crippen LogP contribution in [0.15, 0.2) is 42.5 Å². The summed E-state index contributed by atoms with van der Waals surface area (Å²) in [6, 6.07) is 14.8. The van der Waals surface area contributed by atoms with Gasteiger partial charge >= 0.3 is 0 Å². The van der Waals surface area contributed by atoms with Crippen molar-refractivity contribution >= 4 is 10.8 Å². The molecular formula is C17H22O. The van der Waals surface area contributed by atoms with Crippen LogP contribution in [0.1, 0.15) is 32.3 Å². The molecule has 1 heteroatoms. The summed E-state index contributed by atoms with van der Waals surface area (Å²) in [5.41, 5.74) is 1.23. The summed E-state index contributed by atoms with van der Waals surface area (Å²) in [5.74, 6) is 0.663. The molecule has 1 N–H and O–H groups in total. The van der Waals surface area contributed by atoms with Crippen molar-refractivity contribution in [2.75, 3.05) is 0 Å². The van der Waals surface area contributed by atoms with Crippen molar-refractivity contribution in [2.24, 2.45) is 5.92 Å². The maximum absolute atomic E-state index is 10.0. The molecule has 1 nitrogen and oxygen atoms in total. The fourth-order valence-electron chi connectivity index (χ4n) is 2.27. The van der Waals surface area contributed by atoms with Crippen molar-refractivity contribution in [2.45, 2.75) is 39.2 Å². The highest BCUT2D eigenvalue weighted by Crippen LogP contribution is 2.18. The molecule has 2 aromatic carbocycles. The molecule has 0 aliphatic heterocycles. The SMILES string of the molecule is CC(C)CCC(O)Cc1ccc2ccccc2c1. The molecule has 0 radical (unpaired) electrons. The Hall–Kier alpha value is -1.34. The Bertz CT molecular complexity index is 502. The van der Waals surface area contributed by atoms with Crippen molar-refractivity contribution in [1.82, 2.24) is 0 Å². The monoisotopic (exact) mass is 242 g/mol. The van der Waals surface area contributed by atoms with Gasteiger partial charge in [0, 0.05) is 0 Å². The van der Waals surface area contributed by atoms with Crippen LogP contribution in [0.2, 0.25) is 0 Å². The van der Waals surface area contributed by atoms with E-state index in [1.807, 2.05) is 0 Å². The van der Waals surface area contributed by atoms with Gasteiger partial charge in [-0.05, 0) is 41.5 Å². The third-order valence-electron chi connectivity index (χ3n) is 3.36. The molecule has 1 atom stereocenters. The first-order valence-electron chi connectivity index (χ1n) is 6.81. The van der Waals surface area contributed by atoms with Crippen molar-refractivity contribution in [3.05, 3.63) is 48.0 Å². The van der Waals surface area contributed by atoms with Gasteiger partial charge in [0.15, 0.2) is 0 Å². The number of hydrogen-bond acceptors (Lipinski definition) is 1. The molecule has 0 aliphatic carbocycles. The van der Waals surface area contributed by atoms with Gasteiger partial charge < -0.3 is 5.11 Å². The molecule has 0 saturated heterocycles. The van der Waals surface area contributed by atoms with E-state index >= 15 is 0 Å². The Balaban J connectivity index is 2.03. The molecule has 0 saturated carbocycles. The zero-order valence-electron chi connectivity index (χ0n) is 11.3. The van der Waals surface area contributed by atoms with E-state index in [0.717, 1.165) is 19.3 Å². The fourth-order valence-corrected chi connectivity index (χ4v) is 2.27. The standard InChI is InChI=1S/C17H22O/c1-13(2)7-10-17(18)12-14-8-9-15-5-3-4-6-16(15)11-14/h3-6,8-9,11,13,17-18H,7,10,12H2,1-2H3. The van der Waals surface area contributed by atoms with E-state index in [2.05, 4.69) is 56.3 Å². The minimum Gasteiger partial charge on any atom is -0.393 e. The summed E-state index contributed by atoms with van der Waals surface area (Å²) in [4.78, 5) is 0. The van der Waals surface area contributed by atoms with Crippen LogP contribution in [-0.2, 0) is 6.42 Å². The summed E-state index contributed by atoms with van der Waals surface area (Å²) < 4.78 is 0. The van der Waals surface area contributed by atoms with E-state index in [1.165, 1.54) is 16.3 Å². The van der Waals surface area contributed by atoms with Gasteiger partial charge in [-0.15, -0.1) is 0 Å². The number of aliphatic hydroxyl groups is 1. The van der Waals surface area contributed by atoms with E-state index in [0.29, 0.717) is 5.92 Å². The summed E-state index contributed by atoms with van der Waals surface area (Å²) >= 11 is 0. The van der Waals surface area contributed by atoms with Crippen LogP contribution in [0.3, 0.4) is 0 Å². The van der Waals surface area contributed by atoms with Crippen molar-refractivity contribution in [3.63, 3.8) is 0 Å². The van der Waals surface area contributed by atoms with Gasteiger partial charge in [0.2, 0.25) is 0 Å². The van der Waals surface area contributed by atoms with Gasteiger partial charge in [0.05, 0.1) is 6.10 Å². The van der Waals surface area contributed by atoms with Gasteiger partial charge in [0.1, 0.15) is 0 Å². The van der Waals surface area contributed by atoms with Crippen LogP contribution in [0, 0.1) is 5.92 Å². The number of benzene rings is 2. The topological polar surface area (TPSA) is 20.2 Å². The van der Waals surface area contributed by atoms with Gasteiger partial charge in [-0.25, -0.2) is 0 Å². The normalized spacial score (nSPS) is 13.1. The summed E-state index contributed by atoms with van der Waals surface area (Å²) in [5, 5.41) is 12.5. The van der Waals surface area contributed by atoms with E-state index < -0.39 is 0 Å². The lowest BCUT2D eigenvalue weighted by Gasteiger charge is -2.12. The third-order valence-corrected chi connectivity index (χ3v) is 3.36. The Morgan fingerprint density at radius 2 is 1.67 bits per heavy atom. The average molecular weight is 242 g/mol. The van der Waals surface area contributed by atoms with Crippen molar-refractivity contribution < 1.29 is 5.11 Å². The van der Waals surface area contributed by atoms with Crippen LogP contribution < -0.4 is 0 Å². The quantitative estimate of drug-likeness (QED) is 0.834. The predicted octanol–water partition coefficient (Wildman–Crippen LogP) is 4.18. The molecule has 0 heterocycles. The van der Waals surface area contributed by atoms with Crippen LogP contribution in [0.25, 0.3) is 10.8 Å². The van der Waals surface area contributed by atoms with Crippen LogP contribution in [0.4, 0.5) is 0 Å². The Morgan fingerprint density at radius 3 is 2.39 bits per heavy atom. The zero-order valence-corrected chi connectivity index (χ0v) is 11.3. The second kappa shape index (κ2) is 6.01. The summed E-state index contributed by atoms with van der Waals surface area (Å²) in [6.07, 6.45) is 2.53. The highest BCUT2D eigenvalue weighted by Gasteiger charge is 2.07. The second-order valence-electron chi connectivity index (χ2n) is 5.51. The highest BCUT2D eigenvalue weighted by atomic mass is 16.3. The van der Waals surface area contributed by atoms with Crippen LogP contribution in [0.5, 0.6) is 0 Å². The number of hydrogen-bond donors (Lipinski definition) is 1. The molecule has 96 valence electrons.